The fraction of sp³-hybridized carbons (Fsp3) is 0.200. The van der Waals surface area contributed by atoms with E-state index in [1.807, 2.05) is 42.5 Å². The second-order valence-corrected chi connectivity index (χ2v) is 7.20. The van der Waals surface area contributed by atoms with Gasteiger partial charge in [-0.05, 0) is 45.8 Å². The van der Waals surface area contributed by atoms with Crippen molar-refractivity contribution in [2.45, 2.75) is 13.0 Å². The molecule has 0 radical (unpaired) electrons. The van der Waals surface area contributed by atoms with Gasteiger partial charge in [0.1, 0.15) is 17.9 Å². The molecule has 0 N–H and O–H groups in total. The number of halogens is 1. The number of methoxy groups -OCH3 is 1. The second kappa shape index (κ2) is 7.55. The molecule has 1 aliphatic rings. The molecule has 3 amide bonds. The number of rotatable bonds is 4. The number of hydrogen-bond donors (Lipinski definition) is 0. The lowest BCUT2D eigenvalue weighted by Gasteiger charge is -2.34. The maximum absolute atomic E-state index is 13.1. The molecule has 3 aromatic rings. The summed E-state index contributed by atoms with van der Waals surface area (Å²) in [6.07, 6.45) is 1.67. The van der Waals surface area contributed by atoms with E-state index in [1.54, 1.807) is 12.0 Å². The summed E-state index contributed by atoms with van der Waals surface area (Å²) in [4.78, 5) is 37.0. The third-order valence-corrected chi connectivity index (χ3v) is 5.30. The van der Waals surface area contributed by atoms with Crippen LogP contribution in [-0.4, -0.2) is 40.5 Å². The Bertz CT molecular complexity index is 1060. The largest absolute Gasteiger partial charge is 0.497 e. The summed E-state index contributed by atoms with van der Waals surface area (Å²) in [6, 6.07) is 12.5. The van der Waals surface area contributed by atoms with Gasteiger partial charge in [-0.15, -0.1) is 0 Å². The van der Waals surface area contributed by atoms with E-state index < -0.39 is 0 Å². The number of nitrogens with zero attached hydrogens (tertiary/aromatic N) is 4. The summed E-state index contributed by atoms with van der Waals surface area (Å²) >= 11 is 3.48. The molecule has 2 aromatic carbocycles. The Labute approximate surface area is 170 Å². The molecule has 0 saturated carbocycles. The van der Waals surface area contributed by atoms with Crippen LogP contribution in [0.25, 0.3) is 10.9 Å². The number of fused-ring (bicyclic) bond motifs is 1. The number of para-hydroxylation sites is 1. The zero-order chi connectivity index (χ0) is 19.7. The third kappa shape index (κ3) is 3.31. The quantitative estimate of drug-likeness (QED) is 0.617. The fourth-order valence-corrected chi connectivity index (χ4v) is 3.68. The lowest BCUT2D eigenvalue weighted by Crippen LogP contribution is -2.52. The number of benzene rings is 2. The molecule has 1 aromatic heterocycles. The van der Waals surface area contributed by atoms with Gasteiger partial charge in [-0.25, -0.2) is 14.8 Å². The van der Waals surface area contributed by atoms with Crippen molar-refractivity contribution >= 4 is 44.6 Å². The molecule has 4 rings (SSSR count). The molecule has 7 nitrogen and oxygen atoms in total. The Morgan fingerprint density at radius 2 is 1.89 bits per heavy atom. The molecule has 28 heavy (non-hydrogen) atoms. The summed E-state index contributed by atoms with van der Waals surface area (Å²) < 4.78 is 5.98. The molecule has 0 spiro atoms. The average Bonchev–Trinajstić information content (AvgIpc) is 2.72. The molecule has 1 aliphatic heterocycles. The van der Waals surface area contributed by atoms with Crippen molar-refractivity contribution in [3.63, 3.8) is 0 Å². The summed E-state index contributed by atoms with van der Waals surface area (Å²) in [5.74, 6) is 1.03. The Balaban J connectivity index is 1.66. The van der Waals surface area contributed by atoms with E-state index in [1.165, 1.54) is 11.2 Å². The van der Waals surface area contributed by atoms with E-state index in [0.29, 0.717) is 5.82 Å². The lowest BCUT2D eigenvalue weighted by atomic mass is 10.1. The zero-order valence-electron chi connectivity index (χ0n) is 15.1. The molecule has 0 unspecified atom stereocenters. The zero-order valence-corrected chi connectivity index (χ0v) is 16.7. The number of ether oxygens (including phenoxy) is 1. The number of aromatic nitrogens is 2. The van der Waals surface area contributed by atoms with Crippen LogP contribution >= 0.6 is 15.9 Å². The number of hydrogen-bond acceptors (Lipinski definition) is 5. The first-order chi connectivity index (χ1) is 13.6. The Hall–Kier alpha value is -3.00. The van der Waals surface area contributed by atoms with Gasteiger partial charge in [0.25, 0.3) is 0 Å². The smallest absolute Gasteiger partial charge is 0.332 e. The van der Waals surface area contributed by atoms with Crippen LogP contribution in [0, 0.1) is 0 Å². The van der Waals surface area contributed by atoms with E-state index in [-0.39, 0.29) is 31.4 Å². The molecule has 8 heteroatoms. The highest BCUT2D eigenvalue weighted by Gasteiger charge is 2.34. The van der Waals surface area contributed by atoms with Gasteiger partial charge >= 0.3 is 6.03 Å². The van der Waals surface area contributed by atoms with Crippen LogP contribution in [-0.2, 0) is 11.3 Å². The minimum Gasteiger partial charge on any atom is -0.497 e. The van der Waals surface area contributed by atoms with Gasteiger partial charge in [-0.1, -0.05) is 18.2 Å². The number of amides is 3. The number of anilines is 1. The number of urea groups is 1. The highest BCUT2D eigenvalue weighted by Crippen LogP contribution is 2.30. The standard InChI is InChI=1S/C20H17BrN4O3/c1-28-14-7-5-13(6-8-14)11-25-17(26)9-10-24(20(25)27)19-15-3-2-4-16(21)18(15)22-12-23-19/h2-8,12H,9-11H2,1H3. The van der Waals surface area contributed by atoms with Crippen molar-refractivity contribution in [1.29, 1.82) is 0 Å². The van der Waals surface area contributed by atoms with Crippen LogP contribution in [0.2, 0.25) is 0 Å². The molecule has 2 heterocycles. The fourth-order valence-electron chi connectivity index (χ4n) is 3.21. The molecule has 1 fully saturated rings. The third-order valence-electron chi connectivity index (χ3n) is 4.66. The highest BCUT2D eigenvalue weighted by molar-refractivity contribution is 9.10. The number of carbonyl (C=O) groups is 2. The van der Waals surface area contributed by atoms with Crippen LogP contribution < -0.4 is 9.64 Å². The van der Waals surface area contributed by atoms with Crippen molar-refractivity contribution in [1.82, 2.24) is 14.9 Å². The SMILES string of the molecule is COc1ccc(CN2C(=O)CCN(c3ncnc4c(Br)cccc34)C2=O)cc1. The number of imide groups is 1. The van der Waals surface area contributed by atoms with Crippen LogP contribution in [0.4, 0.5) is 10.6 Å². The summed E-state index contributed by atoms with van der Waals surface area (Å²) in [5.41, 5.74) is 1.57. The first-order valence-corrected chi connectivity index (χ1v) is 9.52. The van der Waals surface area contributed by atoms with Crippen LogP contribution in [0.15, 0.2) is 53.3 Å². The predicted octanol–water partition coefficient (Wildman–Crippen LogP) is 3.76. The van der Waals surface area contributed by atoms with Gasteiger partial charge in [0, 0.05) is 22.8 Å². The first kappa shape index (κ1) is 18.4. The van der Waals surface area contributed by atoms with Crippen LogP contribution in [0.5, 0.6) is 5.75 Å². The van der Waals surface area contributed by atoms with Crippen molar-refractivity contribution in [2.75, 3.05) is 18.6 Å². The monoisotopic (exact) mass is 440 g/mol. The van der Waals surface area contributed by atoms with Crippen LogP contribution in [0.3, 0.4) is 0 Å². The van der Waals surface area contributed by atoms with Gasteiger partial charge in [-0.3, -0.25) is 14.6 Å². The molecule has 142 valence electrons. The van der Waals surface area contributed by atoms with E-state index in [9.17, 15) is 9.59 Å². The van der Waals surface area contributed by atoms with Gasteiger partial charge < -0.3 is 4.74 Å². The van der Waals surface area contributed by atoms with E-state index in [0.717, 1.165) is 26.7 Å². The van der Waals surface area contributed by atoms with E-state index >= 15 is 0 Å². The van der Waals surface area contributed by atoms with Crippen LogP contribution in [0.1, 0.15) is 12.0 Å². The predicted molar refractivity (Wildman–Crippen MR) is 108 cm³/mol. The van der Waals surface area contributed by atoms with Gasteiger partial charge in [0.15, 0.2) is 0 Å². The van der Waals surface area contributed by atoms with Crippen molar-refractivity contribution in [2.24, 2.45) is 0 Å². The average molecular weight is 441 g/mol. The summed E-state index contributed by atoms with van der Waals surface area (Å²) in [6.45, 7) is 0.486. The van der Waals surface area contributed by atoms with E-state index in [4.69, 9.17) is 4.74 Å². The number of carbonyl (C=O) groups excluding carboxylic acids is 2. The summed E-state index contributed by atoms with van der Waals surface area (Å²) in [5, 5.41) is 0.754. The molecular formula is C20H17BrN4O3. The second-order valence-electron chi connectivity index (χ2n) is 6.35. The van der Waals surface area contributed by atoms with E-state index in [2.05, 4.69) is 25.9 Å². The van der Waals surface area contributed by atoms with Crippen molar-refractivity contribution in [3.05, 3.63) is 58.8 Å². The lowest BCUT2D eigenvalue weighted by molar-refractivity contribution is -0.129. The van der Waals surface area contributed by atoms with Crippen molar-refractivity contribution in [3.8, 4) is 5.75 Å². The normalized spacial score (nSPS) is 14.6. The van der Waals surface area contributed by atoms with Gasteiger partial charge in [0.2, 0.25) is 5.91 Å². The van der Waals surface area contributed by atoms with Gasteiger partial charge in [0.05, 0.1) is 19.2 Å². The molecule has 0 atom stereocenters. The van der Waals surface area contributed by atoms with Crippen molar-refractivity contribution < 1.29 is 14.3 Å². The molecule has 0 aliphatic carbocycles. The molecular weight excluding hydrogens is 424 g/mol. The van der Waals surface area contributed by atoms with Gasteiger partial charge in [-0.2, -0.15) is 0 Å². The highest BCUT2D eigenvalue weighted by atomic mass is 79.9. The minimum atomic E-state index is -0.382. The summed E-state index contributed by atoms with van der Waals surface area (Å²) in [7, 11) is 1.59. The Kier molecular flexibility index (Phi) is 4.95. The first-order valence-electron chi connectivity index (χ1n) is 8.72. The molecule has 1 saturated heterocycles. The molecule has 0 bridgehead atoms. The minimum absolute atomic E-state index is 0.198. The Morgan fingerprint density at radius 1 is 1.11 bits per heavy atom. The maximum Gasteiger partial charge on any atom is 0.332 e. The topological polar surface area (TPSA) is 75.6 Å². The Morgan fingerprint density at radius 3 is 2.64 bits per heavy atom. The maximum atomic E-state index is 13.1.